The van der Waals surface area contributed by atoms with Crippen LogP contribution in [0.15, 0.2) is 30.3 Å². The van der Waals surface area contributed by atoms with E-state index in [9.17, 15) is 9.59 Å². The molecule has 2 heterocycles. The summed E-state index contributed by atoms with van der Waals surface area (Å²) in [6, 6.07) is 9.82. The second kappa shape index (κ2) is 8.50. The van der Waals surface area contributed by atoms with E-state index in [1.165, 1.54) is 5.56 Å². The summed E-state index contributed by atoms with van der Waals surface area (Å²) in [6.07, 6.45) is 0.604. The van der Waals surface area contributed by atoms with Crippen molar-refractivity contribution in [3.8, 4) is 0 Å². The van der Waals surface area contributed by atoms with E-state index in [4.69, 9.17) is 4.74 Å². The topological polar surface area (TPSA) is 67.7 Å². The molecule has 1 aliphatic rings. The molecule has 0 spiro atoms. The van der Waals surface area contributed by atoms with Crippen LogP contribution in [-0.4, -0.2) is 56.8 Å². The minimum atomic E-state index is -0.561. The number of carbonyl (C=O) groups is 2. The lowest BCUT2D eigenvalue weighted by Crippen LogP contribution is -2.53. The van der Waals surface area contributed by atoms with Gasteiger partial charge in [-0.15, -0.1) is 0 Å². The summed E-state index contributed by atoms with van der Waals surface area (Å²) in [4.78, 5) is 29.6. The molecule has 3 rings (SSSR count). The molecule has 1 saturated heterocycles. The van der Waals surface area contributed by atoms with E-state index >= 15 is 0 Å². The Balaban J connectivity index is 1.90. The molecule has 162 valence electrons. The van der Waals surface area contributed by atoms with Crippen LogP contribution in [-0.2, 0) is 18.2 Å². The predicted molar refractivity (Wildman–Crippen MR) is 115 cm³/mol. The Bertz CT molecular complexity index is 912. The molecule has 1 aromatic heterocycles. The quantitative estimate of drug-likeness (QED) is 0.770. The van der Waals surface area contributed by atoms with Crippen molar-refractivity contribution in [1.82, 2.24) is 19.6 Å². The van der Waals surface area contributed by atoms with Crippen molar-refractivity contribution in [2.75, 3.05) is 19.6 Å². The molecule has 0 N–H and O–H groups in total. The second-order valence-corrected chi connectivity index (χ2v) is 8.83. The Morgan fingerprint density at radius 1 is 1.17 bits per heavy atom. The molecular formula is C23H32N4O3. The van der Waals surface area contributed by atoms with Crippen molar-refractivity contribution in [2.45, 2.75) is 52.7 Å². The first-order valence-electron chi connectivity index (χ1n) is 10.5. The van der Waals surface area contributed by atoms with Crippen LogP contribution in [0.2, 0.25) is 0 Å². The van der Waals surface area contributed by atoms with Gasteiger partial charge in [-0.1, -0.05) is 31.2 Å². The Morgan fingerprint density at radius 2 is 1.83 bits per heavy atom. The van der Waals surface area contributed by atoms with Crippen molar-refractivity contribution < 1.29 is 14.3 Å². The van der Waals surface area contributed by atoms with Gasteiger partial charge in [0.05, 0.1) is 11.7 Å². The maximum absolute atomic E-state index is 13.4. The number of nitrogens with zero attached hydrogens (tertiary/aromatic N) is 4. The highest BCUT2D eigenvalue weighted by atomic mass is 16.6. The molecule has 0 saturated carbocycles. The first-order chi connectivity index (χ1) is 14.1. The van der Waals surface area contributed by atoms with Crippen LogP contribution in [0, 0.1) is 6.92 Å². The molecule has 1 atom stereocenters. The van der Waals surface area contributed by atoms with E-state index in [1.54, 1.807) is 22.7 Å². The zero-order chi connectivity index (χ0) is 22.1. The number of hydrogen-bond donors (Lipinski definition) is 0. The lowest BCUT2D eigenvalue weighted by atomic mass is 9.99. The first-order valence-corrected chi connectivity index (χ1v) is 10.5. The fraction of sp³-hybridized carbons (Fsp3) is 0.522. The van der Waals surface area contributed by atoms with Crippen LogP contribution in [0.3, 0.4) is 0 Å². The van der Waals surface area contributed by atoms with Gasteiger partial charge in [0, 0.05) is 26.7 Å². The van der Waals surface area contributed by atoms with Gasteiger partial charge in [-0.3, -0.25) is 9.48 Å². The van der Waals surface area contributed by atoms with Gasteiger partial charge < -0.3 is 14.5 Å². The zero-order valence-corrected chi connectivity index (χ0v) is 18.8. The standard InChI is InChI=1S/C23H32N4O3/c1-7-17-8-10-18(11-9-17)20-15-26(22(29)30-23(3,4)5)12-13-27(20)21(28)19-14-16(2)24-25(19)6/h8-11,14,20H,7,12-13,15H2,1-6H3/t20-/m0/s1. The van der Waals surface area contributed by atoms with Gasteiger partial charge in [0.15, 0.2) is 0 Å². The Hall–Kier alpha value is -2.83. The molecule has 1 aromatic carbocycles. The van der Waals surface area contributed by atoms with Gasteiger partial charge in [-0.2, -0.15) is 5.10 Å². The number of hydrogen-bond acceptors (Lipinski definition) is 4. The largest absolute Gasteiger partial charge is 0.444 e. The van der Waals surface area contributed by atoms with Crippen molar-refractivity contribution in [1.29, 1.82) is 0 Å². The van der Waals surface area contributed by atoms with Crippen molar-refractivity contribution in [3.63, 3.8) is 0 Å². The molecule has 0 unspecified atom stereocenters. The van der Waals surface area contributed by atoms with Gasteiger partial charge in [-0.05, 0) is 51.3 Å². The van der Waals surface area contributed by atoms with Gasteiger partial charge in [-0.25, -0.2) is 4.79 Å². The second-order valence-electron chi connectivity index (χ2n) is 8.83. The number of piperazine rings is 1. The summed E-state index contributed by atoms with van der Waals surface area (Å²) in [5.41, 5.74) is 3.03. The Kier molecular flexibility index (Phi) is 6.19. The van der Waals surface area contributed by atoms with Crippen LogP contribution in [0.1, 0.15) is 61.0 Å². The molecule has 0 aliphatic carbocycles. The average Bonchev–Trinajstić information content (AvgIpc) is 3.03. The molecule has 2 amide bonds. The lowest BCUT2D eigenvalue weighted by Gasteiger charge is -2.41. The summed E-state index contributed by atoms with van der Waals surface area (Å²) in [7, 11) is 1.78. The molecule has 2 aromatic rings. The molecule has 1 aliphatic heterocycles. The predicted octanol–water partition coefficient (Wildman–Crippen LogP) is 3.73. The number of aromatic nitrogens is 2. The molecule has 7 nitrogen and oxygen atoms in total. The van der Waals surface area contributed by atoms with Crippen molar-refractivity contribution >= 4 is 12.0 Å². The highest BCUT2D eigenvalue weighted by molar-refractivity contribution is 5.93. The zero-order valence-electron chi connectivity index (χ0n) is 18.8. The fourth-order valence-electron chi connectivity index (χ4n) is 3.74. The summed E-state index contributed by atoms with van der Waals surface area (Å²) in [6.45, 7) is 10.8. The lowest BCUT2D eigenvalue weighted by molar-refractivity contribution is 0.00384. The third kappa shape index (κ3) is 4.83. The summed E-state index contributed by atoms with van der Waals surface area (Å²) in [5, 5.41) is 4.32. The van der Waals surface area contributed by atoms with Crippen molar-refractivity contribution in [2.24, 2.45) is 7.05 Å². The number of amides is 2. The van der Waals surface area contributed by atoms with Gasteiger partial charge >= 0.3 is 6.09 Å². The van der Waals surface area contributed by atoms with Gasteiger partial charge in [0.2, 0.25) is 0 Å². The summed E-state index contributed by atoms with van der Waals surface area (Å²) >= 11 is 0. The van der Waals surface area contributed by atoms with Crippen LogP contribution < -0.4 is 0 Å². The molecule has 7 heteroatoms. The van der Waals surface area contributed by atoms with E-state index < -0.39 is 5.60 Å². The number of carbonyl (C=O) groups excluding carboxylic acids is 2. The van der Waals surface area contributed by atoms with E-state index in [0.717, 1.165) is 17.7 Å². The van der Waals surface area contributed by atoms with E-state index in [-0.39, 0.29) is 18.0 Å². The first kappa shape index (κ1) is 21.9. The summed E-state index contributed by atoms with van der Waals surface area (Å²) in [5.74, 6) is -0.0773. The minimum absolute atomic E-state index is 0.0773. The normalized spacial score (nSPS) is 17.2. The number of ether oxygens (including phenoxy) is 1. The fourth-order valence-corrected chi connectivity index (χ4v) is 3.74. The third-order valence-electron chi connectivity index (χ3n) is 5.29. The molecule has 30 heavy (non-hydrogen) atoms. The third-order valence-corrected chi connectivity index (χ3v) is 5.29. The smallest absolute Gasteiger partial charge is 0.410 e. The summed E-state index contributed by atoms with van der Waals surface area (Å²) < 4.78 is 7.19. The number of rotatable bonds is 3. The van der Waals surface area contributed by atoms with Crippen molar-refractivity contribution in [3.05, 3.63) is 52.8 Å². The molecule has 0 radical (unpaired) electrons. The van der Waals surface area contributed by atoms with Crippen LogP contribution in [0.4, 0.5) is 4.79 Å². The maximum atomic E-state index is 13.4. The maximum Gasteiger partial charge on any atom is 0.410 e. The van der Waals surface area contributed by atoms with Crippen LogP contribution >= 0.6 is 0 Å². The number of aryl methyl sites for hydroxylation is 3. The van der Waals surface area contributed by atoms with Gasteiger partial charge in [0.25, 0.3) is 5.91 Å². The molecule has 0 bridgehead atoms. The highest BCUT2D eigenvalue weighted by Gasteiger charge is 2.36. The average molecular weight is 413 g/mol. The van der Waals surface area contributed by atoms with Crippen LogP contribution in [0.25, 0.3) is 0 Å². The van der Waals surface area contributed by atoms with E-state index in [1.807, 2.05) is 32.6 Å². The molecule has 1 fully saturated rings. The van der Waals surface area contributed by atoms with Crippen LogP contribution in [0.5, 0.6) is 0 Å². The Labute approximate surface area is 178 Å². The monoisotopic (exact) mass is 412 g/mol. The highest BCUT2D eigenvalue weighted by Crippen LogP contribution is 2.28. The number of benzene rings is 1. The molecular weight excluding hydrogens is 380 g/mol. The van der Waals surface area contributed by atoms with Gasteiger partial charge in [0.1, 0.15) is 11.3 Å². The Morgan fingerprint density at radius 3 is 2.37 bits per heavy atom. The van der Waals surface area contributed by atoms with E-state index in [2.05, 4.69) is 36.3 Å². The SMILES string of the molecule is CCc1ccc([C@@H]2CN(C(=O)OC(C)(C)C)CCN2C(=O)c2cc(C)nn2C)cc1. The van der Waals surface area contributed by atoms with E-state index in [0.29, 0.717) is 25.3 Å². The minimum Gasteiger partial charge on any atom is -0.444 e.